The molecule has 3 atom stereocenters. The van der Waals surface area contributed by atoms with E-state index in [0.717, 1.165) is 13.1 Å². The smallest absolute Gasteiger partial charge is 0.0772 e. The fraction of sp³-hybridized carbons (Fsp3) is 0.600. The highest BCUT2D eigenvalue weighted by atomic mass is 16.5. The number of nitrogens with two attached hydrogens (primary N) is 1. The van der Waals surface area contributed by atoms with Crippen LogP contribution in [0.4, 0.5) is 5.69 Å². The summed E-state index contributed by atoms with van der Waals surface area (Å²) in [7, 11) is 1.81. The fourth-order valence-electron chi connectivity index (χ4n) is 2.56. The third-order valence-corrected chi connectivity index (χ3v) is 3.98. The third kappa shape index (κ3) is 2.85. The Bertz CT molecular complexity index is 375. The van der Waals surface area contributed by atoms with Crippen LogP contribution < -0.4 is 10.6 Å². The van der Waals surface area contributed by atoms with Crippen LogP contribution in [0.3, 0.4) is 0 Å². The summed E-state index contributed by atoms with van der Waals surface area (Å²) in [6.07, 6.45) is 1.53. The van der Waals surface area contributed by atoms with Gasteiger partial charge in [0, 0.05) is 31.9 Å². The minimum atomic E-state index is 0.104. The first-order chi connectivity index (χ1) is 8.61. The van der Waals surface area contributed by atoms with E-state index in [2.05, 4.69) is 36.1 Å². The van der Waals surface area contributed by atoms with Gasteiger partial charge < -0.3 is 15.4 Å². The molecule has 1 heterocycles. The largest absolute Gasteiger partial charge is 0.379 e. The Hall–Kier alpha value is -1.06. The average Bonchev–Trinajstić information content (AvgIpc) is 2.39. The SMILES string of the molecule is COC1CN(c2ccc(C(C)N)cc2)CCC1C. The van der Waals surface area contributed by atoms with E-state index in [-0.39, 0.29) is 6.04 Å². The van der Waals surface area contributed by atoms with E-state index in [4.69, 9.17) is 10.5 Å². The lowest BCUT2D eigenvalue weighted by Crippen LogP contribution is -2.43. The van der Waals surface area contributed by atoms with Gasteiger partial charge in [0.15, 0.2) is 0 Å². The van der Waals surface area contributed by atoms with Crippen LogP contribution in [0.2, 0.25) is 0 Å². The molecule has 0 aromatic heterocycles. The first kappa shape index (κ1) is 13.4. The van der Waals surface area contributed by atoms with Crippen molar-refractivity contribution in [3.05, 3.63) is 29.8 Å². The Balaban J connectivity index is 2.07. The molecule has 1 fully saturated rings. The van der Waals surface area contributed by atoms with Gasteiger partial charge in [-0.2, -0.15) is 0 Å². The van der Waals surface area contributed by atoms with E-state index in [1.54, 1.807) is 0 Å². The van der Waals surface area contributed by atoms with Gasteiger partial charge in [-0.25, -0.2) is 0 Å². The second-order valence-corrected chi connectivity index (χ2v) is 5.37. The van der Waals surface area contributed by atoms with Gasteiger partial charge in [-0.05, 0) is 37.0 Å². The molecule has 0 bridgehead atoms. The first-order valence-electron chi connectivity index (χ1n) is 6.75. The van der Waals surface area contributed by atoms with E-state index in [9.17, 15) is 0 Å². The molecule has 18 heavy (non-hydrogen) atoms. The normalized spacial score (nSPS) is 26.1. The summed E-state index contributed by atoms with van der Waals surface area (Å²) in [5.74, 6) is 0.648. The van der Waals surface area contributed by atoms with Crippen molar-refractivity contribution >= 4 is 5.69 Å². The number of piperidine rings is 1. The monoisotopic (exact) mass is 248 g/mol. The Kier molecular flexibility index (Phi) is 4.25. The minimum Gasteiger partial charge on any atom is -0.379 e. The molecule has 0 radical (unpaired) electrons. The van der Waals surface area contributed by atoms with Crippen LogP contribution in [0, 0.1) is 5.92 Å². The lowest BCUT2D eigenvalue weighted by Gasteiger charge is -2.37. The fourth-order valence-corrected chi connectivity index (χ4v) is 2.56. The van der Waals surface area contributed by atoms with E-state index in [1.165, 1.54) is 17.7 Å². The van der Waals surface area contributed by atoms with Crippen molar-refractivity contribution in [3.63, 3.8) is 0 Å². The van der Waals surface area contributed by atoms with Crippen LogP contribution in [0.15, 0.2) is 24.3 Å². The van der Waals surface area contributed by atoms with Crippen molar-refractivity contribution in [2.24, 2.45) is 11.7 Å². The van der Waals surface area contributed by atoms with E-state index in [0.29, 0.717) is 12.0 Å². The van der Waals surface area contributed by atoms with Gasteiger partial charge >= 0.3 is 0 Å². The van der Waals surface area contributed by atoms with E-state index < -0.39 is 0 Å². The Morgan fingerprint density at radius 2 is 2.00 bits per heavy atom. The third-order valence-electron chi connectivity index (χ3n) is 3.98. The topological polar surface area (TPSA) is 38.5 Å². The van der Waals surface area contributed by atoms with Crippen molar-refractivity contribution in [3.8, 4) is 0 Å². The molecule has 0 aliphatic carbocycles. The maximum atomic E-state index is 5.87. The Morgan fingerprint density at radius 1 is 1.33 bits per heavy atom. The number of nitrogens with zero attached hydrogens (tertiary/aromatic N) is 1. The number of ether oxygens (including phenoxy) is 1. The minimum absolute atomic E-state index is 0.104. The molecule has 1 aliphatic rings. The van der Waals surface area contributed by atoms with Crippen LogP contribution >= 0.6 is 0 Å². The number of hydrogen-bond donors (Lipinski definition) is 1. The van der Waals surface area contributed by atoms with Crippen molar-refractivity contribution < 1.29 is 4.74 Å². The molecule has 1 aromatic rings. The van der Waals surface area contributed by atoms with Crippen molar-refractivity contribution in [1.29, 1.82) is 0 Å². The first-order valence-corrected chi connectivity index (χ1v) is 6.75. The molecule has 1 aromatic carbocycles. The zero-order valence-electron chi connectivity index (χ0n) is 11.6. The highest BCUT2D eigenvalue weighted by Gasteiger charge is 2.25. The molecule has 3 heteroatoms. The number of rotatable bonds is 3. The van der Waals surface area contributed by atoms with Gasteiger partial charge in [0.1, 0.15) is 0 Å². The Labute approximate surface area is 110 Å². The van der Waals surface area contributed by atoms with Gasteiger partial charge in [-0.15, -0.1) is 0 Å². The molecule has 2 N–H and O–H groups in total. The lowest BCUT2D eigenvalue weighted by molar-refractivity contribution is 0.0498. The summed E-state index contributed by atoms with van der Waals surface area (Å²) in [5.41, 5.74) is 8.33. The van der Waals surface area contributed by atoms with Crippen molar-refractivity contribution in [1.82, 2.24) is 0 Å². The molecule has 1 aliphatic heterocycles. The summed E-state index contributed by atoms with van der Waals surface area (Å²) >= 11 is 0. The molecular formula is C15H24N2O. The summed E-state index contributed by atoms with van der Waals surface area (Å²) in [4.78, 5) is 2.40. The van der Waals surface area contributed by atoms with Crippen LogP contribution in [0.5, 0.6) is 0 Å². The van der Waals surface area contributed by atoms with Crippen molar-refractivity contribution in [2.45, 2.75) is 32.4 Å². The predicted octanol–water partition coefficient (Wildman–Crippen LogP) is 2.57. The van der Waals surface area contributed by atoms with E-state index >= 15 is 0 Å². The maximum absolute atomic E-state index is 5.87. The highest BCUT2D eigenvalue weighted by Crippen LogP contribution is 2.25. The maximum Gasteiger partial charge on any atom is 0.0772 e. The van der Waals surface area contributed by atoms with Crippen LogP contribution in [0.1, 0.15) is 31.9 Å². The second kappa shape index (κ2) is 5.72. The lowest BCUT2D eigenvalue weighted by atomic mass is 9.95. The zero-order chi connectivity index (χ0) is 13.1. The average molecular weight is 248 g/mol. The Morgan fingerprint density at radius 3 is 2.56 bits per heavy atom. The van der Waals surface area contributed by atoms with Crippen molar-refractivity contribution in [2.75, 3.05) is 25.1 Å². The molecule has 0 saturated carbocycles. The van der Waals surface area contributed by atoms with Gasteiger partial charge in [-0.1, -0.05) is 19.1 Å². The quantitative estimate of drug-likeness (QED) is 0.893. The molecule has 100 valence electrons. The number of methoxy groups -OCH3 is 1. The van der Waals surface area contributed by atoms with Gasteiger partial charge in [-0.3, -0.25) is 0 Å². The molecule has 1 saturated heterocycles. The molecule has 2 rings (SSSR count). The highest BCUT2D eigenvalue weighted by molar-refractivity contribution is 5.48. The standard InChI is InChI=1S/C15H24N2O/c1-11-8-9-17(10-15(11)18-3)14-6-4-13(5-7-14)12(2)16/h4-7,11-12,15H,8-10,16H2,1-3H3. The number of anilines is 1. The summed E-state index contributed by atoms with van der Waals surface area (Å²) in [5, 5.41) is 0. The zero-order valence-corrected chi connectivity index (χ0v) is 11.6. The summed E-state index contributed by atoms with van der Waals surface area (Å²) < 4.78 is 5.56. The van der Waals surface area contributed by atoms with Gasteiger partial charge in [0.25, 0.3) is 0 Å². The second-order valence-electron chi connectivity index (χ2n) is 5.37. The molecule has 3 unspecified atom stereocenters. The van der Waals surface area contributed by atoms with Crippen LogP contribution in [0.25, 0.3) is 0 Å². The molecule has 3 nitrogen and oxygen atoms in total. The molecule has 0 spiro atoms. The summed E-state index contributed by atoms with van der Waals surface area (Å²) in [6.45, 7) is 6.37. The van der Waals surface area contributed by atoms with E-state index in [1.807, 2.05) is 14.0 Å². The van der Waals surface area contributed by atoms with Gasteiger partial charge in [0.2, 0.25) is 0 Å². The van der Waals surface area contributed by atoms with Crippen LogP contribution in [-0.2, 0) is 4.74 Å². The predicted molar refractivity (Wildman–Crippen MR) is 75.8 cm³/mol. The molecule has 0 amide bonds. The summed E-state index contributed by atoms with van der Waals surface area (Å²) in [6, 6.07) is 8.69. The molecular weight excluding hydrogens is 224 g/mol. The van der Waals surface area contributed by atoms with Gasteiger partial charge in [0.05, 0.1) is 6.10 Å². The number of benzene rings is 1. The number of hydrogen-bond acceptors (Lipinski definition) is 3. The van der Waals surface area contributed by atoms with Crippen LogP contribution in [-0.4, -0.2) is 26.3 Å².